The van der Waals surface area contributed by atoms with Crippen molar-refractivity contribution in [1.29, 1.82) is 0 Å². The highest BCUT2D eigenvalue weighted by Gasteiger charge is 2.43. The summed E-state index contributed by atoms with van der Waals surface area (Å²) in [5.74, 6) is -1.57. The van der Waals surface area contributed by atoms with E-state index in [0.717, 1.165) is 21.0 Å². The van der Waals surface area contributed by atoms with Crippen LogP contribution in [0.25, 0.3) is 0 Å². The lowest BCUT2D eigenvalue weighted by Gasteiger charge is -2.22. The third-order valence-electron chi connectivity index (χ3n) is 5.38. The Bertz CT molecular complexity index is 1270. The Morgan fingerprint density at radius 2 is 1.56 bits per heavy atom. The molecule has 1 heterocycles. The van der Waals surface area contributed by atoms with Crippen LogP contribution in [0.1, 0.15) is 22.8 Å². The summed E-state index contributed by atoms with van der Waals surface area (Å²) in [4.78, 5) is 44.0. The lowest BCUT2D eigenvalue weighted by molar-refractivity contribution is -0.120. The van der Waals surface area contributed by atoms with Crippen molar-refractivity contribution >= 4 is 40.9 Å². The summed E-state index contributed by atoms with van der Waals surface area (Å²) in [6.07, 6.45) is 0. The first-order chi connectivity index (χ1) is 16.4. The molecule has 0 N–H and O–H groups in total. The Kier molecular flexibility index (Phi) is 6.84. The van der Waals surface area contributed by atoms with E-state index >= 15 is 0 Å². The number of amides is 2. The van der Waals surface area contributed by atoms with Crippen molar-refractivity contribution in [2.75, 3.05) is 23.5 Å². The van der Waals surface area contributed by atoms with Gasteiger partial charge < -0.3 is 9.64 Å². The summed E-state index contributed by atoms with van der Waals surface area (Å²) in [5, 5.41) is 0. The van der Waals surface area contributed by atoms with Crippen LogP contribution in [0.4, 0.5) is 11.4 Å². The second-order valence-electron chi connectivity index (χ2n) is 7.67. The van der Waals surface area contributed by atoms with E-state index in [9.17, 15) is 14.4 Å². The summed E-state index contributed by atoms with van der Waals surface area (Å²) in [6, 6.07) is 23.6. The first-order valence-corrected chi connectivity index (χ1v) is 11.7. The van der Waals surface area contributed by atoms with Crippen LogP contribution in [0, 0.1) is 6.92 Å². The van der Waals surface area contributed by atoms with Crippen molar-refractivity contribution in [3.63, 3.8) is 0 Å². The zero-order valence-electron chi connectivity index (χ0n) is 19.1. The molecule has 34 heavy (non-hydrogen) atoms. The van der Waals surface area contributed by atoms with E-state index in [1.165, 1.54) is 11.8 Å². The number of imide groups is 1. The van der Waals surface area contributed by atoms with Gasteiger partial charge in [-0.2, -0.15) is 0 Å². The number of thioether (sulfide) groups is 1. The third kappa shape index (κ3) is 4.47. The fourth-order valence-corrected chi connectivity index (χ4v) is 4.67. The summed E-state index contributed by atoms with van der Waals surface area (Å²) in [5.41, 5.74) is 2.48. The van der Waals surface area contributed by atoms with E-state index in [-0.39, 0.29) is 23.6 Å². The first-order valence-electron chi connectivity index (χ1n) is 10.8. The number of anilines is 2. The number of para-hydroxylation sites is 2. The van der Waals surface area contributed by atoms with Crippen molar-refractivity contribution in [2.24, 2.45) is 0 Å². The van der Waals surface area contributed by atoms with E-state index in [2.05, 4.69) is 0 Å². The van der Waals surface area contributed by atoms with Crippen molar-refractivity contribution < 1.29 is 19.1 Å². The monoisotopic (exact) mass is 472 g/mol. The molecule has 0 bridgehead atoms. The first kappa shape index (κ1) is 23.3. The van der Waals surface area contributed by atoms with E-state index in [0.29, 0.717) is 4.91 Å². The predicted molar refractivity (Wildman–Crippen MR) is 134 cm³/mol. The molecule has 0 saturated heterocycles. The molecule has 0 saturated carbocycles. The number of carbonyl (C=O) groups is 3. The maximum atomic E-state index is 13.8. The zero-order valence-corrected chi connectivity index (χ0v) is 20.0. The smallest absolute Gasteiger partial charge is 0.340 e. The molecule has 3 aromatic carbocycles. The van der Waals surface area contributed by atoms with Crippen molar-refractivity contribution in [3.8, 4) is 0 Å². The summed E-state index contributed by atoms with van der Waals surface area (Å²) in [7, 11) is 1.76. The van der Waals surface area contributed by atoms with Crippen LogP contribution in [0.15, 0.2) is 94.4 Å². The van der Waals surface area contributed by atoms with Gasteiger partial charge in [-0.15, -0.1) is 0 Å². The molecule has 0 aliphatic carbocycles. The second kappa shape index (κ2) is 9.97. The van der Waals surface area contributed by atoms with Gasteiger partial charge in [-0.1, -0.05) is 59.8 Å². The Hall–Kier alpha value is -3.84. The van der Waals surface area contributed by atoms with Crippen LogP contribution in [-0.4, -0.2) is 31.4 Å². The number of rotatable bonds is 7. The SMILES string of the molecule is CCOC(=O)c1ccccc1N1C(=O)C(Sc2ccc(C)cc2)=C(N(C)c2ccccc2)C1=O. The molecule has 3 aromatic rings. The molecule has 1 aliphatic heterocycles. The quantitative estimate of drug-likeness (QED) is 0.348. The van der Waals surface area contributed by atoms with Gasteiger partial charge in [-0.3, -0.25) is 9.59 Å². The Balaban J connectivity index is 1.81. The molecule has 0 spiro atoms. The molecular formula is C27H24N2O4S. The molecule has 0 aromatic heterocycles. The fraction of sp³-hybridized carbons (Fsp3) is 0.148. The summed E-state index contributed by atoms with van der Waals surface area (Å²) >= 11 is 1.24. The Morgan fingerprint density at radius 1 is 0.912 bits per heavy atom. The molecule has 0 atom stereocenters. The van der Waals surface area contributed by atoms with Crippen LogP contribution < -0.4 is 9.80 Å². The Labute approximate surface area is 202 Å². The highest BCUT2D eigenvalue weighted by molar-refractivity contribution is 8.04. The van der Waals surface area contributed by atoms with Gasteiger partial charge in [0.05, 0.1) is 17.9 Å². The number of benzene rings is 3. The largest absolute Gasteiger partial charge is 0.462 e. The maximum Gasteiger partial charge on any atom is 0.340 e. The van der Waals surface area contributed by atoms with Crippen LogP contribution in [0.2, 0.25) is 0 Å². The van der Waals surface area contributed by atoms with Gasteiger partial charge in [0, 0.05) is 17.6 Å². The highest BCUT2D eigenvalue weighted by Crippen LogP contribution is 2.40. The number of ether oxygens (including phenoxy) is 1. The van der Waals surface area contributed by atoms with Crippen LogP contribution in [0.3, 0.4) is 0 Å². The third-order valence-corrected chi connectivity index (χ3v) is 6.46. The topological polar surface area (TPSA) is 66.9 Å². The molecule has 0 fully saturated rings. The van der Waals surface area contributed by atoms with E-state index < -0.39 is 17.8 Å². The van der Waals surface area contributed by atoms with Gasteiger partial charge in [0.25, 0.3) is 11.8 Å². The molecule has 172 valence electrons. The second-order valence-corrected chi connectivity index (χ2v) is 8.75. The molecule has 0 radical (unpaired) electrons. The minimum absolute atomic E-state index is 0.161. The highest BCUT2D eigenvalue weighted by atomic mass is 32.2. The Morgan fingerprint density at radius 3 is 2.24 bits per heavy atom. The van der Waals surface area contributed by atoms with Gasteiger partial charge in [-0.05, 0) is 50.2 Å². The minimum Gasteiger partial charge on any atom is -0.462 e. The molecule has 1 aliphatic rings. The standard InChI is InChI=1S/C27H24N2O4S/c1-4-33-27(32)21-12-8-9-13-22(21)29-25(30)23(28(3)19-10-6-5-7-11-19)24(26(29)31)34-20-16-14-18(2)15-17-20/h5-17H,4H2,1-3H3. The molecular weight excluding hydrogens is 448 g/mol. The lowest BCUT2D eigenvalue weighted by Crippen LogP contribution is -2.35. The van der Waals surface area contributed by atoms with Gasteiger partial charge in [0.2, 0.25) is 0 Å². The van der Waals surface area contributed by atoms with E-state index in [1.54, 1.807) is 43.1 Å². The normalized spacial score (nSPS) is 13.4. The summed E-state index contributed by atoms with van der Waals surface area (Å²) in [6.45, 7) is 3.88. The molecule has 4 rings (SSSR count). The fourth-order valence-electron chi connectivity index (χ4n) is 3.66. The number of carbonyl (C=O) groups excluding carboxylic acids is 3. The van der Waals surface area contributed by atoms with Crippen molar-refractivity contribution in [1.82, 2.24) is 0 Å². The van der Waals surface area contributed by atoms with Gasteiger partial charge >= 0.3 is 5.97 Å². The van der Waals surface area contributed by atoms with E-state index in [1.807, 2.05) is 61.5 Å². The lowest BCUT2D eigenvalue weighted by atomic mass is 10.1. The van der Waals surface area contributed by atoms with E-state index in [4.69, 9.17) is 4.74 Å². The number of hydrogen-bond acceptors (Lipinski definition) is 6. The predicted octanol–water partition coefficient (Wildman–Crippen LogP) is 5.19. The summed E-state index contributed by atoms with van der Waals surface area (Å²) < 4.78 is 5.16. The molecule has 2 amide bonds. The molecule has 7 heteroatoms. The van der Waals surface area contributed by atoms with Gasteiger partial charge in [-0.25, -0.2) is 9.69 Å². The average molecular weight is 473 g/mol. The van der Waals surface area contributed by atoms with Gasteiger partial charge in [0.1, 0.15) is 10.6 Å². The number of likely N-dealkylation sites (N-methyl/N-ethyl adjacent to an activating group) is 1. The van der Waals surface area contributed by atoms with Crippen molar-refractivity contribution in [3.05, 3.63) is 101 Å². The van der Waals surface area contributed by atoms with Crippen LogP contribution >= 0.6 is 11.8 Å². The molecule has 6 nitrogen and oxygen atoms in total. The van der Waals surface area contributed by atoms with Gasteiger partial charge in [0.15, 0.2) is 0 Å². The number of nitrogens with zero attached hydrogens (tertiary/aromatic N) is 2. The number of aryl methyl sites for hydroxylation is 1. The van der Waals surface area contributed by atoms with Crippen LogP contribution in [0.5, 0.6) is 0 Å². The minimum atomic E-state index is -0.587. The zero-order chi connectivity index (χ0) is 24.2. The number of esters is 1. The van der Waals surface area contributed by atoms with Crippen LogP contribution in [-0.2, 0) is 14.3 Å². The number of hydrogen-bond donors (Lipinski definition) is 0. The molecule has 0 unspecified atom stereocenters. The average Bonchev–Trinajstić information content (AvgIpc) is 3.09. The van der Waals surface area contributed by atoms with Crippen molar-refractivity contribution in [2.45, 2.75) is 18.7 Å². The maximum absolute atomic E-state index is 13.8.